The third-order valence-electron chi connectivity index (χ3n) is 5.06. The first-order valence-electron chi connectivity index (χ1n) is 9.97. The van der Waals surface area contributed by atoms with Gasteiger partial charge in [-0.3, -0.25) is 14.4 Å². The normalized spacial score (nSPS) is 14.3. The number of carbonyl (C=O) groups is 3. The van der Waals surface area contributed by atoms with Gasteiger partial charge in [-0.1, -0.05) is 29.8 Å². The molecular weight excluding hydrogens is 366 g/mol. The summed E-state index contributed by atoms with van der Waals surface area (Å²) in [4.78, 5) is 39.1. The van der Waals surface area contributed by atoms with Crippen LogP contribution in [-0.2, 0) is 11.3 Å². The molecule has 0 saturated carbocycles. The Balaban J connectivity index is 1.54. The van der Waals surface area contributed by atoms with Gasteiger partial charge in [-0.15, -0.1) is 0 Å². The fraction of sp³-hybridized carbons (Fsp3) is 0.348. The Morgan fingerprint density at radius 2 is 1.69 bits per heavy atom. The zero-order valence-corrected chi connectivity index (χ0v) is 16.9. The fourth-order valence-corrected chi connectivity index (χ4v) is 3.39. The van der Waals surface area contributed by atoms with E-state index in [0.29, 0.717) is 17.7 Å². The van der Waals surface area contributed by atoms with Crippen LogP contribution in [0.2, 0.25) is 0 Å². The number of carbonyl (C=O) groups excluding carboxylic acids is 3. The molecular formula is C23H27N3O3. The third kappa shape index (κ3) is 5.44. The molecule has 2 aromatic rings. The van der Waals surface area contributed by atoms with E-state index >= 15 is 0 Å². The van der Waals surface area contributed by atoms with E-state index in [1.807, 2.05) is 42.2 Å². The van der Waals surface area contributed by atoms with Gasteiger partial charge in [0.05, 0.1) is 0 Å². The Labute approximate surface area is 171 Å². The van der Waals surface area contributed by atoms with Crippen LogP contribution in [0, 0.1) is 6.92 Å². The van der Waals surface area contributed by atoms with Crippen molar-refractivity contribution in [3.8, 4) is 0 Å². The summed E-state index contributed by atoms with van der Waals surface area (Å²) in [7, 11) is 0. The second kappa shape index (κ2) is 9.37. The second-order valence-electron chi connectivity index (χ2n) is 7.48. The highest BCUT2D eigenvalue weighted by molar-refractivity contribution is 5.97. The van der Waals surface area contributed by atoms with Gasteiger partial charge in [0.25, 0.3) is 11.8 Å². The Kier molecular flexibility index (Phi) is 6.65. The average molecular weight is 393 g/mol. The number of rotatable bonds is 6. The van der Waals surface area contributed by atoms with Crippen molar-refractivity contribution >= 4 is 17.7 Å². The van der Waals surface area contributed by atoms with E-state index in [1.165, 1.54) is 0 Å². The zero-order chi connectivity index (χ0) is 20.8. The second-order valence-corrected chi connectivity index (χ2v) is 7.48. The van der Waals surface area contributed by atoms with Crippen LogP contribution in [0.15, 0.2) is 48.5 Å². The highest BCUT2D eigenvalue weighted by atomic mass is 16.2. The lowest BCUT2D eigenvalue weighted by Gasteiger charge is -2.16. The zero-order valence-electron chi connectivity index (χ0n) is 16.9. The predicted octanol–water partition coefficient (Wildman–Crippen LogP) is 2.67. The summed E-state index contributed by atoms with van der Waals surface area (Å²) in [6, 6.07) is 13.9. The molecule has 29 heavy (non-hydrogen) atoms. The van der Waals surface area contributed by atoms with Crippen LogP contribution in [0.3, 0.4) is 0 Å². The molecule has 1 aliphatic heterocycles. The molecule has 2 aromatic carbocycles. The maximum absolute atomic E-state index is 12.5. The van der Waals surface area contributed by atoms with Gasteiger partial charge in [0.1, 0.15) is 6.04 Å². The van der Waals surface area contributed by atoms with E-state index in [4.69, 9.17) is 0 Å². The minimum Gasteiger partial charge on any atom is -0.350 e. The Morgan fingerprint density at radius 1 is 1.00 bits per heavy atom. The molecule has 1 saturated heterocycles. The largest absolute Gasteiger partial charge is 0.350 e. The maximum Gasteiger partial charge on any atom is 0.253 e. The van der Waals surface area contributed by atoms with Crippen LogP contribution in [0.25, 0.3) is 0 Å². The molecule has 0 aromatic heterocycles. The highest BCUT2D eigenvalue weighted by Gasteiger charge is 2.20. The number of nitrogens with one attached hydrogen (secondary N) is 2. The number of hydrogen-bond acceptors (Lipinski definition) is 3. The molecule has 1 aliphatic rings. The number of nitrogens with zero attached hydrogens (tertiary/aromatic N) is 1. The quantitative estimate of drug-likeness (QED) is 0.792. The average Bonchev–Trinajstić information content (AvgIpc) is 3.26. The number of hydrogen-bond donors (Lipinski definition) is 2. The van der Waals surface area contributed by atoms with Crippen LogP contribution < -0.4 is 10.6 Å². The summed E-state index contributed by atoms with van der Waals surface area (Å²) in [6.45, 7) is 5.46. The lowest BCUT2D eigenvalue weighted by molar-refractivity contribution is -0.122. The van der Waals surface area contributed by atoms with Crippen molar-refractivity contribution in [2.75, 3.05) is 13.1 Å². The molecule has 1 heterocycles. The third-order valence-corrected chi connectivity index (χ3v) is 5.06. The summed E-state index contributed by atoms with van der Waals surface area (Å²) in [6.07, 6.45) is 2.10. The molecule has 3 rings (SSSR count). The first-order chi connectivity index (χ1) is 13.9. The van der Waals surface area contributed by atoms with Crippen molar-refractivity contribution in [3.63, 3.8) is 0 Å². The minimum atomic E-state index is -0.669. The van der Waals surface area contributed by atoms with Crippen molar-refractivity contribution in [1.29, 1.82) is 0 Å². The summed E-state index contributed by atoms with van der Waals surface area (Å²) in [5.74, 6) is -0.522. The number of aryl methyl sites for hydroxylation is 1. The van der Waals surface area contributed by atoms with Gasteiger partial charge >= 0.3 is 0 Å². The molecule has 1 atom stereocenters. The van der Waals surface area contributed by atoms with E-state index in [2.05, 4.69) is 10.6 Å². The summed E-state index contributed by atoms with van der Waals surface area (Å²) >= 11 is 0. The molecule has 1 fully saturated rings. The molecule has 0 aliphatic carbocycles. The molecule has 6 nitrogen and oxygen atoms in total. The monoisotopic (exact) mass is 393 g/mol. The van der Waals surface area contributed by atoms with Crippen molar-refractivity contribution < 1.29 is 14.4 Å². The molecule has 3 amide bonds. The first-order valence-corrected chi connectivity index (χ1v) is 9.97. The summed E-state index contributed by atoms with van der Waals surface area (Å²) in [5, 5.41) is 5.54. The van der Waals surface area contributed by atoms with Gasteiger partial charge in [-0.05, 0) is 56.5 Å². The van der Waals surface area contributed by atoms with Gasteiger partial charge in [0.15, 0.2) is 0 Å². The van der Waals surface area contributed by atoms with Gasteiger partial charge in [0, 0.05) is 30.8 Å². The molecule has 0 radical (unpaired) electrons. The number of amides is 3. The number of likely N-dealkylation sites (tertiary alicyclic amines) is 1. The smallest absolute Gasteiger partial charge is 0.253 e. The standard InChI is InChI=1S/C23H27N3O3/c1-16-7-5-9-19(13-16)22(28)25-17(2)21(27)24-15-18-8-6-10-20(14-18)23(29)26-11-3-4-12-26/h5-10,13-14,17H,3-4,11-12,15H2,1-2H3,(H,24,27)(H,25,28). The van der Waals surface area contributed by atoms with Crippen LogP contribution in [0.4, 0.5) is 0 Å². The van der Waals surface area contributed by atoms with Crippen LogP contribution in [-0.4, -0.2) is 41.8 Å². The Hall–Kier alpha value is -3.15. The minimum absolute atomic E-state index is 0.0365. The topological polar surface area (TPSA) is 78.5 Å². The molecule has 6 heteroatoms. The van der Waals surface area contributed by atoms with E-state index in [0.717, 1.165) is 37.1 Å². The van der Waals surface area contributed by atoms with Crippen LogP contribution in [0.1, 0.15) is 51.6 Å². The fourth-order valence-electron chi connectivity index (χ4n) is 3.39. The van der Waals surface area contributed by atoms with Crippen molar-refractivity contribution in [3.05, 3.63) is 70.8 Å². The Morgan fingerprint density at radius 3 is 2.41 bits per heavy atom. The summed E-state index contributed by atoms with van der Waals surface area (Å²) in [5.41, 5.74) is 3.00. The van der Waals surface area contributed by atoms with E-state index < -0.39 is 6.04 Å². The molecule has 152 valence electrons. The van der Waals surface area contributed by atoms with E-state index in [9.17, 15) is 14.4 Å². The van der Waals surface area contributed by atoms with E-state index in [-0.39, 0.29) is 17.7 Å². The van der Waals surface area contributed by atoms with Crippen LogP contribution in [0.5, 0.6) is 0 Å². The van der Waals surface area contributed by atoms with Crippen molar-refractivity contribution in [2.24, 2.45) is 0 Å². The van der Waals surface area contributed by atoms with Crippen molar-refractivity contribution in [2.45, 2.75) is 39.3 Å². The van der Waals surface area contributed by atoms with E-state index in [1.54, 1.807) is 25.1 Å². The predicted molar refractivity (Wildman–Crippen MR) is 112 cm³/mol. The number of benzene rings is 2. The molecule has 0 spiro atoms. The van der Waals surface area contributed by atoms with Gasteiger partial charge in [0.2, 0.25) is 5.91 Å². The van der Waals surface area contributed by atoms with Gasteiger partial charge < -0.3 is 15.5 Å². The first kappa shape index (κ1) is 20.6. The highest BCUT2D eigenvalue weighted by Crippen LogP contribution is 2.14. The Bertz CT molecular complexity index is 904. The van der Waals surface area contributed by atoms with Gasteiger partial charge in [-0.25, -0.2) is 0 Å². The molecule has 0 bridgehead atoms. The lowest BCUT2D eigenvalue weighted by atomic mass is 10.1. The lowest BCUT2D eigenvalue weighted by Crippen LogP contribution is -2.44. The molecule has 2 N–H and O–H groups in total. The van der Waals surface area contributed by atoms with Crippen LogP contribution >= 0.6 is 0 Å². The SMILES string of the molecule is Cc1cccc(C(=O)NC(C)C(=O)NCc2cccc(C(=O)N3CCCC3)c2)c1. The summed E-state index contributed by atoms with van der Waals surface area (Å²) < 4.78 is 0. The van der Waals surface area contributed by atoms with Gasteiger partial charge in [-0.2, -0.15) is 0 Å². The maximum atomic E-state index is 12.5. The molecule has 1 unspecified atom stereocenters. The van der Waals surface area contributed by atoms with Crippen molar-refractivity contribution in [1.82, 2.24) is 15.5 Å².